The monoisotopic (exact) mass is 430 g/mol. The molecule has 6 nitrogen and oxygen atoms in total. The first-order chi connectivity index (χ1) is 13.9. The summed E-state index contributed by atoms with van der Waals surface area (Å²) < 4.78 is 2.24. The first-order valence-electron chi connectivity index (χ1n) is 10.0. The lowest BCUT2D eigenvalue weighted by Crippen LogP contribution is -2.35. The number of rotatable bonds is 4. The molecular weight excluding hydrogens is 404 g/mol. The standard InChI is InChI=1S/C21H26N4O2S2/c1-4-9-25-18(24-10-7-5-6-8-11-24)15(14(2)16(13-22)19(25)26)12-17-20(27)23(3)21(28)29-17/h12H,4-11H2,1-3H3/b17-12-. The van der Waals surface area contributed by atoms with E-state index in [9.17, 15) is 14.9 Å². The summed E-state index contributed by atoms with van der Waals surface area (Å²) >= 11 is 6.53. The average molecular weight is 431 g/mol. The van der Waals surface area contributed by atoms with Gasteiger partial charge in [-0.25, -0.2) is 0 Å². The molecule has 2 aliphatic heterocycles. The Morgan fingerprint density at radius 1 is 1.21 bits per heavy atom. The Balaban J connectivity index is 2.28. The molecule has 3 heterocycles. The molecular formula is C21H26N4O2S2. The second kappa shape index (κ2) is 9.14. The van der Waals surface area contributed by atoms with Gasteiger partial charge in [0.15, 0.2) is 0 Å². The molecule has 1 aromatic heterocycles. The van der Waals surface area contributed by atoms with E-state index < -0.39 is 0 Å². The Morgan fingerprint density at radius 3 is 2.38 bits per heavy atom. The van der Waals surface area contributed by atoms with Crippen molar-refractivity contribution in [1.82, 2.24) is 9.47 Å². The van der Waals surface area contributed by atoms with Crippen LogP contribution in [0.2, 0.25) is 0 Å². The van der Waals surface area contributed by atoms with Crippen LogP contribution in [0.1, 0.15) is 55.7 Å². The van der Waals surface area contributed by atoms with E-state index in [4.69, 9.17) is 12.2 Å². The number of aromatic nitrogens is 1. The minimum atomic E-state index is -0.244. The van der Waals surface area contributed by atoms with Crippen LogP contribution in [0.3, 0.4) is 0 Å². The second-order valence-corrected chi connectivity index (χ2v) is 9.12. The van der Waals surface area contributed by atoms with Gasteiger partial charge in [0.05, 0.1) is 4.91 Å². The lowest BCUT2D eigenvalue weighted by molar-refractivity contribution is -0.121. The highest BCUT2D eigenvalue weighted by Gasteiger charge is 2.31. The number of hydrogen-bond acceptors (Lipinski definition) is 6. The molecule has 0 radical (unpaired) electrons. The van der Waals surface area contributed by atoms with E-state index in [-0.39, 0.29) is 17.0 Å². The Kier molecular flexibility index (Phi) is 6.81. The van der Waals surface area contributed by atoms with Crippen molar-refractivity contribution >= 4 is 46.1 Å². The van der Waals surface area contributed by atoms with Gasteiger partial charge < -0.3 is 4.90 Å². The fraction of sp³-hybridized carbons (Fsp3) is 0.524. The topological polar surface area (TPSA) is 69.3 Å². The summed E-state index contributed by atoms with van der Waals surface area (Å²) in [5.41, 5.74) is 1.32. The highest BCUT2D eigenvalue weighted by molar-refractivity contribution is 8.26. The number of hydrogen-bond donors (Lipinski definition) is 0. The molecule has 3 rings (SSSR count). The van der Waals surface area contributed by atoms with E-state index in [0.29, 0.717) is 21.3 Å². The number of nitrogens with zero attached hydrogens (tertiary/aromatic N) is 4. The maximum absolute atomic E-state index is 13.1. The molecule has 0 N–H and O–H groups in total. The minimum absolute atomic E-state index is 0.145. The van der Waals surface area contributed by atoms with Gasteiger partial charge in [0.1, 0.15) is 21.8 Å². The number of amides is 1. The summed E-state index contributed by atoms with van der Waals surface area (Å²) in [6.07, 6.45) is 7.09. The number of thioether (sulfide) groups is 1. The highest BCUT2D eigenvalue weighted by Crippen LogP contribution is 2.35. The van der Waals surface area contributed by atoms with Gasteiger partial charge in [-0.15, -0.1) is 0 Å². The van der Waals surface area contributed by atoms with Crippen LogP contribution in [-0.2, 0) is 11.3 Å². The normalized spacial score (nSPS) is 19.0. The number of anilines is 1. The van der Waals surface area contributed by atoms with E-state index in [1.165, 1.54) is 29.5 Å². The molecule has 0 unspecified atom stereocenters. The number of thiocarbonyl (C=S) groups is 1. The van der Waals surface area contributed by atoms with Crippen LogP contribution in [0.15, 0.2) is 9.70 Å². The van der Waals surface area contributed by atoms with Gasteiger partial charge in [0.2, 0.25) is 0 Å². The number of carbonyl (C=O) groups excluding carboxylic acids is 1. The molecule has 29 heavy (non-hydrogen) atoms. The first kappa shape index (κ1) is 21.6. The van der Waals surface area contributed by atoms with Crippen molar-refractivity contribution in [2.24, 2.45) is 0 Å². The van der Waals surface area contributed by atoms with Gasteiger partial charge in [0, 0.05) is 32.2 Å². The van der Waals surface area contributed by atoms with Gasteiger partial charge in [-0.1, -0.05) is 43.7 Å². The maximum Gasteiger partial charge on any atom is 0.270 e. The predicted molar refractivity (Wildman–Crippen MR) is 122 cm³/mol. The molecule has 0 atom stereocenters. The fourth-order valence-electron chi connectivity index (χ4n) is 3.88. The third-order valence-corrected chi connectivity index (χ3v) is 6.95. The van der Waals surface area contributed by atoms with Crippen molar-refractivity contribution < 1.29 is 4.79 Å². The molecule has 0 spiro atoms. The minimum Gasteiger partial charge on any atom is -0.357 e. The number of carbonyl (C=O) groups is 1. The molecule has 2 aliphatic rings. The van der Waals surface area contributed by atoms with Crippen molar-refractivity contribution in [3.8, 4) is 6.07 Å². The lowest BCUT2D eigenvalue weighted by atomic mass is 10.0. The van der Waals surface area contributed by atoms with Crippen LogP contribution in [-0.4, -0.2) is 39.8 Å². The predicted octanol–water partition coefficient (Wildman–Crippen LogP) is 3.65. The molecule has 1 amide bonds. The Labute approximate surface area is 181 Å². The van der Waals surface area contributed by atoms with E-state index in [0.717, 1.165) is 43.7 Å². The largest absolute Gasteiger partial charge is 0.357 e. The molecule has 2 saturated heterocycles. The zero-order chi connectivity index (χ0) is 21.1. The average Bonchev–Trinajstić information content (AvgIpc) is 2.90. The van der Waals surface area contributed by atoms with Crippen molar-refractivity contribution in [2.45, 2.75) is 52.5 Å². The summed E-state index contributed by atoms with van der Waals surface area (Å²) in [6, 6.07) is 2.09. The number of likely N-dealkylation sites (N-methyl/N-ethyl adjacent to an activating group) is 1. The SMILES string of the molecule is CCCn1c(N2CCCCCC2)c(/C=C2\SC(=S)N(C)C2=O)c(C)c(C#N)c1=O. The zero-order valence-corrected chi connectivity index (χ0v) is 18.8. The molecule has 0 saturated carbocycles. The van der Waals surface area contributed by atoms with E-state index in [2.05, 4.69) is 11.0 Å². The smallest absolute Gasteiger partial charge is 0.270 e. The number of nitriles is 1. The fourth-order valence-corrected chi connectivity index (χ4v) is 5.04. The van der Waals surface area contributed by atoms with Crippen molar-refractivity contribution in [3.63, 3.8) is 0 Å². The van der Waals surface area contributed by atoms with Crippen LogP contribution in [0.5, 0.6) is 0 Å². The van der Waals surface area contributed by atoms with E-state index >= 15 is 0 Å². The summed E-state index contributed by atoms with van der Waals surface area (Å²) in [5.74, 6) is 0.685. The molecule has 154 valence electrons. The van der Waals surface area contributed by atoms with Crippen molar-refractivity contribution in [1.29, 1.82) is 5.26 Å². The Morgan fingerprint density at radius 2 is 1.86 bits per heavy atom. The summed E-state index contributed by atoms with van der Waals surface area (Å²) in [6.45, 7) is 6.09. The first-order valence-corrected chi connectivity index (χ1v) is 11.3. The highest BCUT2D eigenvalue weighted by atomic mass is 32.2. The molecule has 2 fully saturated rings. The third-order valence-electron chi connectivity index (χ3n) is 5.46. The zero-order valence-electron chi connectivity index (χ0n) is 17.2. The van der Waals surface area contributed by atoms with E-state index in [1.54, 1.807) is 18.5 Å². The molecule has 0 bridgehead atoms. The second-order valence-electron chi connectivity index (χ2n) is 7.45. The van der Waals surface area contributed by atoms with Gasteiger partial charge >= 0.3 is 0 Å². The quantitative estimate of drug-likeness (QED) is 0.536. The van der Waals surface area contributed by atoms with Crippen LogP contribution >= 0.6 is 24.0 Å². The molecule has 0 aliphatic carbocycles. The Hall–Kier alpha value is -2.11. The van der Waals surface area contributed by atoms with Crippen LogP contribution in [0.25, 0.3) is 6.08 Å². The van der Waals surface area contributed by atoms with Crippen LogP contribution in [0.4, 0.5) is 5.82 Å². The maximum atomic E-state index is 13.1. The van der Waals surface area contributed by atoms with Gasteiger partial charge in [0.25, 0.3) is 11.5 Å². The van der Waals surface area contributed by atoms with Gasteiger partial charge in [-0.2, -0.15) is 5.26 Å². The molecule has 8 heteroatoms. The van der Waals surface area contributed by atoms with E-state index in [1.807, 2.05) is 13.0 Å². The van der Waals surface area contributed by atoms with Crippen LogP contribution < -0.4 is 10.5 Å². The van der Waals surface area contributed by atoms with Gasteiger partial charge in [-0.05, 0) is 37.8 Å². The lowest BCUT2D eigenvalue weighted by Gasteiger charge is -2.29. The number of pyridine rings is 1. The summed E-state index contributed by atoms with van der Waals surface area (Å²) in [7, 11) is 1.67. The molecule has 1 aromatic rings. The third kappa shape index (κ3) is 4.12. The summed E-state index contributed by atoms with van der Waals surface area (Å²) in [5, 5.41) is 9.66. The molecule has 0 aromatic carbocycles. The van der Waals surface area contributed by atoms with Crippen molar-refractivity contribution in [3.05, 3.63) is 31.9 Å². The van der Waals surface area contributed by atoms with Crippen LogP contribution in [0, 0.1) is 18.3 Å². The van der Waals surface area contributed by atoms with Gasteiger partial charge in [-0.3, -0.25) is 19.1 Å². The Bertz CT molecular complexity index is 966. The van der Waals surface area contributed by atoms with Crippen molar-refractivity contribution in [2.75, 3.05) is 25.0 Å². The summed E-state index contributed by atoms with van der Waals surface area (Å²) in [4.78, 5) is 30.0.